The first-order valence-corrected chi connectivity index (χ1v) is 7.53. The van der Waals surface area contributed by atoms with Crippen LogP contribution in [0.4, 0.5) is 0 Å². The summed E-state index contributed by atoms with van der Waals surface area (Å²) < 4.78 is 0. The second-order valence-electron chi connectivity index (χ2n) is 5.94. The van der Waals surface area contributed by atoms with Gasteiger partial charge in [-0.3, -0.25) is 4.79 Å². The normalized spacial score (nSPS) is 18.4. The predicted octanol–water partition coefficient (Wildman–Crippen LogP) is 1.01. The average Bonchev–Trinajstić information content (AvgIpc) is 2.48. The lowest BCUT2D eigenvalue weighted by atomic mass is 10.1. The lowest BCUT2D eigenvalue weighted by Gasteiger charge is -2.33. The number of rotatable bonds is 5. The van der Waals surface area contributed by atoms with Gasteiger partial charge in [0.15, 0.2) is 0 Å². The van der Waals surface area contributed by atoms with Gasteiger partial charge in [-0.1, -0.05) is 19.1 Å². The molecule has 1 saturated heterocycles. The van der Waals surface area contributed by atoms with Crippen molar-refractivity contribution in [1.82, 2.24) is 15.1 Å². The summed E-state index contributed by atoms with van der Waals surface area (Å²) in [6.07, 6.45) is 0. The number of phenolic OH excluding ortho intramolecular Hbond substituents is 1. The fourth-order valence-electron chi connectivity index (χ4n) is 2.56. The van der Waals surface area contributed by atoms with Crippen LogP contribution >= 0.6 is 0 Å². The van der Waals surface area contributed by atoms with Crippen molar-refractivity contribution >= 4 is 5.91 Å². The molecule has 1 amide bonds. The zero-order valence-corrected chi connectivity index (χ0v) is 12.9. The highest BCUT2D eigenvalue weighted by atomic mass is 16.3. The first kappa shape index (κ1) is 15.8. The Morgan fingerprint density at radius 1 is 1.29 bits per heavy atom. The minimum absolute atomic E-state index is 0.0294. The van der Waals surface area contributed by atoms with Crippen molar-refractivity contribution in [2.45, 2.75) is 6.92 Å². The van der Waals surface area contributed by atoms with Crippen LogP contribution in [0.15, 0.2) is 24.3 Å². The Kier molecular flexibility index (Phi) is 5.59. The minimum Gasteiger partial charge on any atom is -0.507 e. The molecule has 0 aromatic heterocycles. The van der Waals surface area contributed by atoms with Gasteiger partial charge in [-0.15, -0.1) is 0 Å². The standard InChI is InChI=1S/C16H25N3O2/c1-13(12-19-9-7-18(2)8-10-19)11-17-16(21)14-5-3-4-6-15(14)20/h3-6,13,20H,7-12H2,1-2H3,(H,17,21)/t13-/m1/s1. The van der Waals surface area contributed by atoms with E-state index >= 15 is 0 Å². The molecular formula is C16H25N3O2. The smallest absolute Gasteiger partial charge is 0.255 e. The van der Waals surface area contributed by atoms with E-state index in [2.05, 4.69) is 29.1 Å². The van der Waals surface area contributed by atoms with Crippen LogP contribution in [0, 0.1) is 5.92 Å². The molecule has 0 saturated carbocycles. The molecule has 1 aromatic carbocycles. The van der Waals surface area contributed by atoms with Crippen LogP contribution in [-0.4, -0.2) is 67.1 Å². The number of carbonyl (C=O) groups is 1. The van der Waals surface area contributed by atoms with Crippen molar-refractivity contribution in [3.63, 3.8) is 0 Å². The van der Waals surface area contributed by atoms with Gasteiger partial charge in [0.05, 0.1) is 5.56 Å². The molecule has 0 spiro atoms. The molecule has 116 valence electrons. The monoisotopic (exact) mass is 291 g/mol. The third-order valence-corrected chi connectivity index (χ3v) is 3.93. The summed E-state index contributed by atoms with van der Waals surface area (Å²) in [7, 11) is 2.15. The van der Waals surface area contributed by atoms with E-state index in [1.54, 1.807) is 18.2 Å². The topological polar surface area (TPSA) is 55.8 Å². The van der Waals surface area contributed by atoms with Crippen LogP contribution in [0.25, 0.3) is 0 Å². The zero-order chi connectivity index (χ0) is 15.2. The highest BCUT2D eigenvalue weighted by Crippen LogP contribution is 2.15. The summed E-state index contributed by atoms with van der Waals surface area (Å²) in [4.78, 5) is 16.8. The summed E-state index contributed by atoms with van der Waals surface area (Å²) in [6, 6.07) is 6.63. The number of nitrogens with zero attached hydrogens (tertiary/aromatic N) is 2. The van der Waals surface area contributed by atoms with Gasteiger partial charge in [-0.05, 0) is 25.1 Å². The number of benzene rings is 1. The first-order valence-electron chi connectivity index (χ1n) is 7.53. The molecule has 2 rings (SSSR count). The first-order chi connectivity index (χ1) is 10.1. The van der Waals surface area contributed by atoms with Gasteiger partial charge in [0, 0.05) is 39.3 Å². The molecular weight excluding hydrogens is 266 g/mol. The number of hydrogen-bond donors (Lipinski definition) is 2. The SMILES string of the molecule is C[C@H](CNC(=O)c1ccccc1O)CN1CCN(C)CC1. The maximum atomic E-state index is 12.0. The van der Waals surface area contributed by atoms with Gasteiger partial charge in [0.2, 0.25) is 0 Å². The van der Waals surface area contributed by atoms with Crippen LogP contribution in [0.2, 0.25) is 0 Å². The largest absolute Gasteiger partial charge is 0.507 e. The molecule has 0 unspecified atom stereocenters. The molecule has 1 heterocycles. The molecule has 5 nitrogen and oxygen atoms in total. The Balaban J connectivity index is 1.75. The molecule has 1 aromatic rings. The number of nitrogens with one attached hydrogen (secondary N) is 1. The Morgan fingerprint density at radius 3 is 2.62 bits per heavy atom. The van der Waals surface area contributed by atoms with Gasteiger partial charge >= 0.3 is 0 Å². The fourth-order valence-corrected chi connectivity index (χ4v) is 2.56. The summed E-state index contributed by atoms with van der Waals surface area (Å²) in [5.74, 6) is 0.211. The summed E-state index contributed by atoms with van der Waals surface area (Å²) in [5.41, 5.74) is 0.337. The van der Waals surface area contributed by atoms with Gasteiger partial charge in [-0.25, -0.2) is 0 Å². The number of hydrogen-bond acceptors (Lipinski definition) is 4. The van der Waals surface area contributed by atoms with E-state index in [0.717, 1.165) is 32.7 Å². The highest BCUT2D eigenvalue weighted by molar-refractivity contribution is 5.96. The predicted molar refractivity (Wildman–Crippen MR) is 83.5 cm³/mol. The molecule has 1 aliphatic rings. The second-order valence-corrected chi connectivity index (χ2v) is 5.94. The van der Waals surface area contributed by atoms with Gasteiger partial charge < -0.3 is 20.2 Å². The molecule has 2 N–H and O–H groups in total. The Labute approximate surface area is 126 Å². The van der Waals surface area contributed by atoms with Crippen molar-refractivity contribution in [1.29, 1.82) is 0 Å². The molecule has 1 fully saturated rings. The maximum absolute atomic E-state index is 12.0. The quantitative estimate of drug-likeness (QED) is 0.850. The van der Waals surface area contributed by atoms with Gasteiger partial charge in [0.1, 0.15) is 5.75 Å². The van der Waals surface area contributed by atoms with Crippen molar-refractivity contribution in [3.8, 4) is 5.75 Å². The number of piperazine rings is 1. The van der Waals surface area contributed by atoms with Crippen LogP contribution in [0.1, 0.15) is 17.3 Å². The maximum Gasteiger partial charge on any atom is 0.255 e. The zero-order valence-electron chi connectivity index (χ0n) is 12.9. The van der Waals surface area contributed by atoms with Gasteiger partial charge in [-0.2, -0.15) is 0 Å². The Hall–Kier alpha value is -1.59. The van der Waals surface area contributed by atoms with Crippen LogP contribution < -0.4 is 5.32 Å². The van der Waals surface area contributed by atoms with Crippen molar-refractivity contribution in [2.75, 3.05) is 46.3 Å². The molecule has 1 aliphatic heterocycles. The number of para-hydroxylation sites is 1. The lowest BCUT2D eigenvalue weighted by molar-refractivity contribution is 0.0935. The molecule has 1 atom stereocenters. The van der Waals surface area contributed by atoms with Crippen LogP contribution in [0.3, 0.4) is 0 Å². The van der Waals surface area contributed by atoms with E-state index in [-0.39, 0.29) is 11.7 Å². The molecule has 0 aliphatic carbocycles. The summed E-state index contributed by atoms with van der Waals surface area (Å²) in [6.45, 7) is 8.16. The van der Waals surface area contributed by atoms with Crippen molar-refractivity contribution in [2.24, 2.45) is 5.92 Å². The number of amides is 1. The van der Waals surface area contributed by atoms with E-state index < -0.39 is 0 Å². The van der Waals surface area contributed by atoms with E-state index in [1.165, 1.54) is 6.07 Å². The third kappa shape index (κ3) is 4.72. The number of carbonyl (C=O) groups excluding carboxylic acids is 1. The number of phenols is 1. The van der Waals surface area contributed by atoms with Gasteiger partial charge in [0.25, 0.3) is 5.91 Å². The van der Waals surface area contributed by atoms with Crippen LogP contribution in [-0.2, 0) is 0 Å². The molecule has 21 heavy (non-hydrogen) atoms. The van der Waals surface area contributed by atoms with E-state index in [9.17, 15) is 9.90 Å². The number of likely N-dealkylation sites (N-methyl/N-ethyl adjacent to an activating group) is 1. The van der Waals surface area contributed by atoms with E-state index in [0.29, 0.717) is 18.0 Å². The minimum atomic E-state index is -0.210. The molecule has 0 bridgehead atoms. The average molecular weight is 291 g/mol. The van der Waals surface area contributed by atoms with E-state index in [4.69, 9.17) is 0 Å². The van der Waals surface area contributed by atoms with Crippen molar-refractivity contribution in [3.05, 3.63) is 29.8 Å². The van der Waals surface area contributed by atoms with Crippen LogP contribution in [0.5, 0.6) is 5.75 Å². The third-order valence-electron chi connectivity index (χ3n) is 3.93. The summed E-state index contributed by atoms with van der Waals surface area (Å²) in [5, 5.41) is 12.6. The Bertz CT molecular complexity index is 470. The highest BCUT2D eigenvalue weighted by Gasteiger charge is 2.17. The van der Waals surface area contributed by atoms with E-state index in [1.807, 2.05) is 0 Å². The second kappa shape index (κ2) is 7.43. The Morgan fingerprint density at radius 2 is 1.95 bits per heavy atom. The molecule has 5 heteroatoms. The lowest BCUT2D eigenvalue weighted by Crippen LogP contribution is -2.46. The van der Waals surface area contributed by atoms with Crippen molar-refractivity contribution < 1.29 is 9.90 Å². The molecule has 0 radical (unpaired) electrons. The summed E-state index contributed by atoms with van der Waals surface area (Å²) >= 11 is 0. The number of aromatic hydroxyl groups is 1. The fraction of sp³-hybridized carbons (Fsp3) is 0.562.